The molecule has 0 aliphatic heterocycles. The van der Waals surface area contributed by atoms with Crippen LogP contribution in [0.2, 0.25) is 0 Å². The van der Waals surface area contributed by atoms with Crippen molar-refractivity contribution in [3.05, 3.63) is 34.7 Å². The smallest absolute Gasteiger partial charge is 0.126 e. The first-order valence-electron chi connectivity index (χ1n) is 4.84. The van der Waals surface area contributed by atoms with Crippen molar-refractivity contribution < 1.29 is 9.29 Å². The fourth-order valence-corrected chi connectivity index (χ4v) is 1.62. The Kier molecular flexibility index (Phi) is 4.72. The van der Waals surface area contributed by atoms with E-state index in [9.17, 15) is 4.55 Å². The van der Waals surface area contributed by atoms with Crippen molar-refractivity contribution in [2.45, 2.75) is 13.3 Å². The number of ether oxygens (including phenoxy) is 1. The van der Waals surface area contributed by atoms with Gasteiger partial charge in [-0.15, -0.1) is 0 Å². The molecule has 1 rings (SSSR count). The zero-order valence-electron chi connectivity index (χ0n) is 9.32. The van der Waals surface area contributed by atoms with Gasteiger partial charge in [0.2, 0.25) is 0 Å². The first-order valence-corrected chi connectivity index (χ1v) is 6.46. The van der Waals surface area contributed by atoms with Crippen molar-refractivity contribution in [3.8, 4) is 5.75 Å². The number of benzene rings is 1. The minimum atomic E-state index is -0.920. The van der Waals surface area contributed by atoms with Gasteiger partial charge in [0, 0.05) is 5.56 Å². The predicted molar refractivity (Wildman–Crippen MR) is 65.5 cm³/mol. The monoisotopic (exact) mass is 224 g/mol. The molecule has 1 unspecified atom stereocenters. The van der Waals surface area contributed by atoms with Crippen LogP contribution in [0.4, 0.5) is 0 Å². The minimum absolute atomic E-state index is 0.830. The molecule has 82 valence electrons. The van der Waals surface area contributed by atoms with Crippen LogP contribution in [0.25, 0.3) is 6.08 Å². The third-order valence-electron chi connectivity index (χ3n) is 2.15. The average Bonchev–Trinajstić information content (AvgIpc) is 2.25. The van der Waals surface area contributed by atoms with Crippen LogP contribution in [0, 0.1) is 0 Å². The van der Waals surface area contributed by atoms with Crippen LogP contribution in [0.1, 0.15) is 18.1 Å². The molecule has 1 aromatic rings. The van der Waals surface area contributed by atoms with Gasteiger partial charge in [0.1, 0.15) is 11.2 Å². The normalized spacial score (nSPS) is 13.1. The van der Waals surface area contributed by atoms with E-state index in [0.29, 0.717) is 0 Å². The van der Waals surface area contributed by atoms with Crippen LogP contribution in [0.3, 0.4) is 0 Å². The molecule has 0 bridgehead atoms. The summed E-state index contributed by atoms with van der Waals surface area (Å²) in [6.45, 7) is 2.10. The Labute approximate surface area is 94.1 Å². The maximum atomic E-state index is 10.9. The van der Waals surface area contributed by atoms with Crippen LogP contribution >= 0.6 is 0 Å². The van der Waals surface area contributed by atoms with Crippen molar-refractivity contribution in [1.82, 2.24) is 0 Å². The van der Waals surface area contributed by atoms with Gasteiger partial charge in [-0.25, -0.2) is 0 Å². The average molecular weight is 224 g/mol. The maximum Gasteiger partial charge on any atom is 0.126 e. The molecule has 0 fully saturated rings. The van der Waals surface area contributed by atoms with E-state index in [4.69, 9.17) is 4.74 Å². The lowest BCUT2D eigenvalue weighted by molar-refractivity contribution is 0.413. The molecule has 0 aliphatic carbocycles. The van der Waals surface area contributed by atoms with E-state index in [1.165, 1.54) is 5.56 Å². The predicted octanol–water partition coefficient (Wildman–Crippen LogP) is 2.61. The highest BCUT2D eigenvalue weighted by atomic mass is 32.2. The lowest BCUT2D eigenvalue weighted by Crippen LogP contribution is -1.91. The van der Waals surface area contributed by atoms with Crippen LogP contribution < -0.4 is 4.74 Å². The van der Waals surface area contributed by atoms with E-state index in [1.54, 1.807) is 18.8 Å². The van der Waals surface area contributed by atoms with Crippen LogP contribution in [-0.4, -0.2) is 17.9 Å². The molecule has 0 saturated heterocycles. The highest BCUT2D eigenvalue weighted by molar-refractivity contribution is 7.93. The molecule has 0 radical (unpaired) electrons. The summed E-state index contributed by atoms with van der Waals surface area (Å²) in [5.74, 6) is 0.830. The van der Waals surface area contributed by atoms with Gasteiger partial charge in [-0.05, 0) is 35.3 Å². The number of hydrogen-bond acceptors (Lipinski definition) is 2. The molecule has 0 amide bonds. The first kappa shape index (κ1) is 12.1. The Morgan fingerprint density at radius 2 is 2.20 bits per heavy atom. The van der Waals surface area contributed by atoms with Crippen LogP contribution in [-0.2, 0) is 17.6 Å². The van der Waals surface area contributed by atoms with Gasteiger partial charge in [-0.2, -0.15) is 0 Å². The van der Waals surface area contributed by atoms with Crippen molar-refractivity contribution in [1.29, 1.82) is 0 Å². The molecule has 0 aromatic heterocycles. The zero-order valence-corrected chi connectivity index (χ0v) is 10.1. The van der Waals surface area contributed by atoms with Crippen LogP contribution in [0.5, 0.6) is 5.75 Å². The van der Waals surface area contributed by atoms with Gasteiger partial charge in [0.15, 0.2) is 0 Å². The molecule has 0 aliphatic rings. The summed E-state index contributed by atoms with van der Waals surface area (Å²) in [5.41, 5.74) is 2.20. The fraction of sp³-hybridized carbons (Fsp3) is 0.333. The summed E-state index contributed by atoms with van der Waals surface area (Å²) in [6.07, 6.45) is 4.46. The Balaban J connectivity index is 2.97. The van der Waals surface area contributed by atoms with Gasteiger partial charge < -0.3 is 9.29 Å². The number of methoxy groups -OCH3 is 1. The van der Waals surface area contributed by atoms with E-state index in [-0.39, 0.29) is 0 Å². The van der Waals surface area contributed by atoms with Gasteiger partial charge in [0.25, 0.3) is 0 Å². The highest BCUT2D eigenvalue weighted by Gasteiger charge is 2.01. The number of rotatable bonds is 4. The van der Waals surface area contributed by atoms with Gasteiger partial charge in [0.05, 0.1) is 13.4 Å². The Bertz CT molecular complexity index is 345. The molecule has 0 spiro atoms. The summed E-state index contributed by atoms with van der Waals surface area (Å²) >= 11 is -0.920. The summed E-state index contributed by atoms with van der Waals surface area (Å²) in [5, 5.41) is 1.66. The molecule has 0 N–H and O–H groups in total. The number of aryl methyl sites for hydroxylation is 1. The van der Waals surface area contributed by atoms with Gasteiger partial charge in [-0.3, -0.25) is 0 Å². The second-order valence-electron chi connectivity index (χ2n) is 3.23. The van der Waals surface area contributed by atoms with E-state index < -0.39 is 11.2 Å². The van der Waals surface area contributed by atoms with Crippen molar-refractivity contribution in [3.63, 3.8) is 0 Å². The molecular weight excluding hydrogens is 208 g/mol. The summed E-state index contributed by atoms with van der Waals surface area (Å²) < 4.78 is 16.2. The van der Waals surface area contributed by atoms with E-state index >= 15 is 0 Å². The molecular formula is C12H16O2S. The first-order chi connectivity index (χ1) is 7.17. The second kappa shape index (κ2) is 5.83. The van der Waals surface area contributed by atoms with Crippen molar-refractivity contribution in [2.75, 3.05) is 13.4 Å². The van der Waals surface area contributed by atoms with Crippen molar-refractivity contribution in [2.24, 2.45) is 0 Å². The van der Waals surface area contributed by atoms with Gasteiger partial charge >= 0.3 is 0 Å². The molecule has 0 heterocycles. The van der Waals surface area contributed by atoms with Gasteiger partial charge in [-0.1, -0.05) is 19.1 Å². The van der Waals surface area contributed by atoms with Crippen LogP contribution in [0.15, 0.2) is 23.6 Å². The Morgan fingerprint density at radius 3 is 2.73 bits per heavy atom. The lowest BCUT2D eigenvalue weighted by atomic mass is 10.1. The third kappa shape index (κ3) is 3.61. The molecule has 1 aromatic carbocycles. The summed E-state index contributed by atoms with van der Waals surface area (Å²) in [7, 11) is 1.65. The second-order valence-corrected chi connectivity index (χ2v) is 4.50. The summed E-state index contributed by atoms with van der Waals surface area (Å²) in [4.78, 5) is 0. The fourth-order valence-electron chi connectivity index (χ4n) is 1.28. The Morgan fingerprint density at radius 1 is 1.47 bits per heavy atom. The van der Waals surface area contributed by atoms with E-state index in [1.807, 2.05) is 18.2 Å². The SMILES string of the molecule is CCc1ccc(C=C[S+](C)[O-])c(OC)c1. The van der Waals surface area contributed by atoms with Crippen molar-refractivity contribution >= 4 is 17.3 Å². The standard InChI is InChI=1S/C12H16O2S/c1-4-10-5-6-11(7-8-15(3)13)12(9-10)14-2/h5-9H,4H2,1-3H3. The van der Waals surface area contributed by atoms with E-state index in [0.717, 1.165) is 17.7 Å². The zero-order chi connectivity index (χ0) is 11.3. The number of hydrogen-bond donors (Lipinski definition) is 0. The van der Waals surface area contributed by atoms with E-state index in [2.05, 4.69) is 13.0 Å². The topological polar surface area (TPSA) is 32.3 Å². The maximum absolute atomic E-state index is 10.9. The molecule has 1 atom stereocenters. The third-order valence-corrected chi connectivity index (χ3v) is 2.66. The Hall–Kier alpha value is -0.930. The highest BCUT2D eigenvalue weighted by Crippen LogP contribution is 2.22. The molecule has 3 heteroatoms. The lowest BCUT2D eigenvalue weighted by Gasteiger charge is -2.06. The molecule has 15 heavy (non-hydrogen) atoms. The molecule has 0 saturated carbocycles. The quantitative estimate of drug-likeness (QED) is 0.736. The molecule has 2 nitrogen and oxygen atoms in total. The minimum Gasteiger partial charge on any atom is -0.612 e. The largest absolute Gasteiger partial charge is 0.612 e. The summed E-state index contributed by atoms with van der Waals surface area (Å²) in [6, 6.07) is 6.06.